The number of aromatic nitrogens is 1. The number of hydrogen-bond donors (Lipinski definition) is 1. The van der Waals surface area contributed by atoms with Crippen LogP contribution in [0.2, 0.25) is 0 Å². The quantitative estimate of drug-likeness (QED) is 0.639. The van der Waals surface area contributed by atoms with Gasteiger partial charge in [-0.3, -0.25) is 4.90 Å². The highest BCUT2D eigenvalue weighted by molar-refractivity contribution is 5.89. The Morgan fingerprint density at radius 1 is 1.08 bits per heavy atom. The molecule has 2 aromatic carbocycles. The molecule has 0 spiro atoms. The van der Waals surface area contributed by atoms with E-state index in [2.05, 4.69) is 77.6 Å². The zero-order valence-electron chi connectivity index (χ0n) is 14.5. The maximum absolute atomic E-state index is 4.14. The summed E-state index contributed by atoms with van der Waals surface area (Å²) in [5, 5.41) is 1.39. The van der Waals surface area contributed by atoms with Crippen molar-refractivity contribution >= 4 is 10.9 Å². The zero-order chi connectivity index (χ0) is 17.2. The molecule has 25 heavy (non-hydrogen) atoms. The minimum Gasteiger partial charge on any atom is -0.358 e. The Bertz CT molecular complexity index is 904. The Labute approximate surface area is 149 Å². The Morgan fingerprint density at radius 3 is 2.68 bits per heavy atom. The van der Waals surface area contributed by atoms with Crippen LogP contribution in [0.5, 0.6) is 0 Å². The molecule has 1 N–H and O–H groups in total. The summed E-state index contributed by atoms with van der Waals surface area (Å²) >= 11 is 0. The summed E-state index contributed by atoms with van der Waals surface area (Å²) in [6.45, 7) is 11.0. The number of H-pyrrole nitrogens is 1. The lowest BCUT2D eigenvalue weighted by atomic mass is 9.94. The van der Waals surface area contributed by atoms with Gasteiger partial charge in [-0.05, 0) is 22.8 Å². The van der Waals surface area contributed by atoms with Crippen LogP contribution in [-0.4, -0.2) is 16.4 Å². The second-order valence-corrected chi connectivity index (χ2v) is 6.85. The van der Waals surface area contributed by atoms with Crippen LogP contribution in [0.3, 0.4) is 0 Å². The molecule has 126 valence electrons. The van der Waals surface area contributed by atoms with Crippen LogP contribution in [-0.2, 0) is 19.5 Å². The van der Waals surface area contributed by atoms with E-state index < -0.39 is 0 Å². The molecule has 0 unspecified atom stereocenters. The Balaban J connectivity index is 1.78. The van der Waals surface area contributed by atoms with Gasteiger partial charge in [-0.2, -0.15) is 0 Å². The molecule has 0 fully saturated rings. The van der Waals surface area contributed by atoms with Gasteiger partial charge in [-0.15, -0.1) is 13.2 Å². The van der Waals surface area contributed by atoms with Crippen LogP contribution in [0.15, 0.2) is 73.8 Å². The molecular weight excluding hydrogens is 304 g/mol. The number of benzene rings is 2. The van der Waals surface area contributed by atoms with E-state index in [1.54, 1.807) is 0 Å². The van der Waals surface area contributed by atoms with E-state index >= 15 is 0 Å². The van der Waals surface area contributed by atoms with Crippen molar-refractivity contribution in [1.29, 1.82) is 0 Å². The van der Waals surface area contributed by atoms with Crippen LogP contribution < -0.4 is 0 Å². The monoisotopic (exact) mass is 328 g/mol. The van der Waals surface area contributed by atoms with E-state index in [0.29, 0.717) is 5.92 Å². The van der Waals surface area contributed by atoms with Crippen molar-refractivity contribution in [2.75, 3.05) is 6.54 Å². The van der Waals surface area contributed by atoms with E-state index in [4.69, 9.17) is 0 Å². The van der Waals surface area contributed by atoms with Gasteiger partial charge in [0.15, 0.2) is 0 Å². The topological polar surface area (TPSA) is 19.0 Å². The van der Waals surface area contributed by atoms with Gasteiger partial charge in [0.05, 0.1) is 0 Å². The number of nitrogens with zero attached hydrogens (tertiary/aromatic N) is 1. The molecule has 2 nitrogen and oxygen atoms in total. The Kier molecular flexibility index (Phi) is 4.29. The van der Waals surface area contributed by atoms with E-state index in [9.17, 15) is 0 Å². The van der Waals surface area contributed by atoms with E-state index in [1.165, 1.54) is 33.3 Å². The first kappa shape index (κ1) is 15.9. The molecule has 0 amide bonds. The molecule has 2 heteroatoms. The zero-order valence-corrected chi connectivity index (χ0v) is 14.5. The molecule has 1 aliphatic rings. The summed E-state index contributed by atoms with van der Waals surface area (Å²) in [5.41, 5.74) is 6.69. The van der Waals surface area contributed by atoms with Crippen LogP contribution >= 0.6 is 0 Å². The molecule has 0 saturated heterocycles. The summed E-state index contributed by atoms with van der Waals surface area (Å²) in [6, 6.07) is 17.3. The second kappa shape index (κ2) is 6.73. The fraction of sp³-hybridized carbons (Fsp3) is 0.217. The van der Waals surface area contributed by atoms with Crippen LogP contribution in [0.1, 0.15) is 28.3 Å². The van der Waals surface area contributed by atoms with E-state index in [-0.39, 0.29) is 0 Å². The van der Waals surface area contributed by atoms with Gasteiger partial charge >= 0.3 is 0 Å². The molecule has 1 aliphatic heterocycles. The molecule has 4 rings (SSSR count). The summed E-state index contributed by atoms with van der Waals surface area (Å²) in [5.74, 6) is 0.330. The van der Waals surface area contributed by atoms with Crippen LogP contribution in [0.25, 0.3) is 10.9 Å². The third kappa shape index (κ3) is 2.94. The summed E-state index contributed by atoms with van der Waals surface area (Å²) < 4.78 is 0. The minimum absolute atomic E-state index is 0.330. The summed E-state index contributed by atoms with van der Waals surface area (Å²) in [7, 11) is 0. The predicted molar refractivity (Wildman–Crippen MR) is 106 cm³/mol. The average molecular weight is 328 g/mol. The van der Waals surface area contributed by atoms with Crippen molar-refractivity contribution < 1.29 is 0 Å². The highest BCUT2D eigenvalue weighted by Gasteiger charge is 2.26. The van der Waals surface area contributed by atoms with Gasteiger partial charge in [0, 0.05) is 48.6 Å². The number of rotatable bonds is 5. The highest BCUT2D eigenvalue weighted by atomic mass is 15.1. The van der Waals surface area contributed by atoms with Crippen LogP contribution in [0.4, 0.5) is 0 Å². The van der Waals surface area contributed by atoms with Crippen LogP contribution in [0, 0.1) is 0 Å². The Morgan fingerprint density at radius 2 is 1.92 bits per heavy atom. The van der Waals surface area contributed by atoms with Gasteiger partial charge in [0.25, 0.3) is 0 Å². The molecule has 0 aliphatic carbocycles. The first-order valence-corrected chi connectivity index (χ1v) is 8.92. The lowest BCUT2D eigenvalue weighted by molar-refractivity contribution is 0.254. The Hall–Kier alpha value is -2.58. The summed E-state index contributed by atoms with van der Waals surface area (Å²) in [4.78, 5) is 6.15. The number of aromatic amines is 1. The van der Waals surface area contributed by atoms with E-state index in [1.807, 2.05) is 6.08 Å². The molecule has 2 heterocycles. The SMILES string of the molecule is C=CCc1[nH]c2cccc3c2c1[C@@H](C=C)CN(Cc1ccccc1)C3. The third-order valence-electron chi connectivity index (χ3n) is 5.13. The van der Waals surface area contributed by atoms with Crippen molar-refractivity contribution in [3.05, 3.63) is 96.2 Å². The summed E-state index contributed by atoms with van der Waals surface area (Å²) in [6.07, 6.45) is 4.95. The fourth-order valence-electron chi connectivity index (χ4n) is 4.08. The van der Waals surface area contributed by atoms with Gasteiger partial charge in [-0.25, -0.2) is 0 Å². The second-order valence-electron chi connectivity index (χ2n) is 6.85. The number of hydrogen-bond acceptors (Lipinski definition) is 1. The highest BCUT2D eigenvalue weighted by Crippen LogP contribution is 2.37. The molecule has 3 aromatic rings. The van der Waals surface area contributed by atoms with Crippen molar-refractivity contribution in [1.82, 2.24) is 9.88 Å². The van der Waals surface area contributed by atoms with E-state index in [0.717, 1.165) is 26.1 Å². The fourth-order valence-corrected chi connectivity index (χ4v) is 4.08. The minimum atomic E-state index is 0.330. The van der Waals surface area contributed by atoms with Gasteiger partial charge in [0.1, 0.15) is 0 Å². The largest absolute Gasteiger partial charge is 0.358 e. The van der Waals surface area contributed by atoms with Crippen molar-refractivity contribution in [2.45, 2.75) is 25.4 Å². The van der Waals surface area contributed by atoms with Gasteiger partial charge in [-0.1, -0.05) is 54.6 Å². The van der Waals surface area contributed by atoms with Crippen molar-refractivity contribution in [3.8, 4) is 0 Å². The third-order valence-corrected chi connectivity index (χ3v) is 5.13. The smallest absolute Gasteiger partial charge is 0.0462 e. The predicted octanol–water partition coefficient (Wildman–Crippen LogP) is 5.18. The average Bonchev–Trinajstić information content (AvgIpc) is 2.90. The molecule has 0 saturated carbocycles. The molecule has 0 radical (unpaired) electrons. The lowest BCUT2D eigenvalue weighted by Gasteiger charge is -2.24. The maximum Gasteiger partial charge on any atom is 0.0462 e. The van der Waals surface area contributed by atoms with Gasteiger partial charge in [0.2, 0.25) is 0 Å². The van der Waals surface area contributed by atoms with Gasteiger partial charge < -0.3 is 4.98 Å². The van der Waals surface area contributed by atoms with Crippen molar-refractivity contribution in [2.24, 2.45) is 0 Å². The first-order valence-electron chi connectivity index (χ1n) is 8.92. The van der Waals surface area contributed by atoms with Crippen molar-refractivity contribution in [3.63, 3.8) is 0 Å². The number of allylic oxidation sites excluding steroid dienone is 1. The molecule has 1 aromatic heterocycles. The molecule has 1 atom stereocenters. The standard InChI is InChI=1S/C23H24N2/c1-3-9-20-22-18(4-2)15-25(14-17-10-6-5-7-11-17)16-19-12-8-13-21(24-20)23(19)22/h3-8,10-13,18,24H,1-2,9,14-16H2/t18-/m0/s1. The first-order chi connectivity index (χ1) is 12.3. The molecular formula is C23H24N2. The maximum atomic E-state index is 4.14. The lowest BCUT2D eigenvalue weighted by Crippen LogP contribution is -2.26. The normalized spacial score (nSPS) is 17.4. The number of nitrogens with one attached hydrogen (secondary N) is 1. The molecule has 0 bridgehead atoms.